The van der Waals surface area contributed by atoms with Crippen molar-refractivity contribution in [3.05, 3.63) is 115 Å². The zero-order valence-electron chi connectivity index (χ0n) is 19.4. The molecule has 2 aromatic heterocycles. The Labute approximate surface area is 233 Å². The van der Waals surface area contributed by atoms with Gasteiger partial charge in [-0.05, 0) is 29.4 Å². The normalized spacial score (nSPS) is 12.5. The summed E-state index contributed by atoms with van der Waals surface area (Å²) < 4.78 is 1.87. The van der Waals surface area contributed by atoms with E-state index >= 15 is 0 Å². The van der Waals surface area contributed by atoms with Gasteiger partial charge in [-0.25, -0.2) is 0 Å². The number of nitrogens with zero attached hydrogens (tertiary/aromatic N) is 4. The first-order valence-electron chi connectivity index (χ1n) is 11.9. The monoisotopic (exact) mass is 671 g/mol. The van der Waals surface area contributed by atoms with Crippen molar-refractivity contribution < 1.29 is 21.1 Å². The van der Waals surface area contributed by atoms with E-state index in [-0.39, 0.29) is 27.9 Å². The minimum atomic E-state index is -0.0739. The van der Waals surface area contributed by atoms with E-state index in [1.807, 2.05) is 28.5 Å². The predicted molar refractivity (Wildman–Crippen MR) is 147 cm³/mol. The van der Waals surface area contributed by atoms with E-state index in [1.54, 1.807) is 17.5 Å². The molecule has 4 heterocycles. The van der Waals surface area contributed by atoms with Gasteiger partial charge in [-0.15, -0.1) is 46.4 Å². The van der Waals surface area contributed by atoms with Crippen LogP contribution in [0.15, 0.2) is 103 Å². The molecule has 0 saturated heterocycles. The first-order chi connectivity index (χ1) is 17.9. The molecular formula is C30H17BN4PtS. The van der Waals surface area contributed by atoms with Crippen LogP contribution in [0.3, 0.4) is 0 Å². The topological polar surface area (TPSA) is 34.0 Å². The molecule has 4 nitrogen and oxygen atoms in total. The fourth-order valence-corrected chi connectivity index (χ4v) is 6.19. The van der Waals surface area contributed by atoms with Gasteiger partial charge in [0.15, 0.2) is 0 Å². The Morgan fingerprint density at radius 2 is 1.41 bits per heavy atom. The van der Waals surface area contributed by atoms with E-state index in [0.29, 0.717) is 0 Å². The van der Waals surface area contributed by atoms with Crippen molar-refractivity contribution in [2.45, 2.75) is 0 Å². The quantitative estimate of drug-likeness (QED) is 0.180. The molecule has 0 saturated carbocycles. The standard InChI is InChI=1S/C30H17BN4S.Pt/c1-3-8-28-24(6-1)22-12-10-20(30-32-15-17-36-30)18-26(22)31-27-19-21(34-16-5-14-33-34)11-13-23(27)25-7-2-4-9-29(25)35(28)31;/h1-17H;/q-2;+2. The molecule has 0 atom stereocenters. The molecule has 8 rings (SSSR count). The molecule has 0 radical (unpaired) electrons. The van der Waals surface area contributed by atoms with E-state index < -0.39 is 0 Å². The summed E-state index contributed by atoms with van der Waals surface area (Å²) >= 11 is 1.64. The number of benzene rings is 4. The van der Waals surface area contributed by atoms with E-state index in [1.165, 1.54) is 33.6 Å². The van der Waals surface area contributed by atoms with Crippen LogP contribution in [0.4, 0.5) is 11.4 Å². The molecule has 0 fully saturated rings. The maximum Gasteiger partial charge on any atom is 2.00 e. The van der Waals surface area contributed by atoms with Crippen molar-refractivity contribution in [1.82, 2.24) is 14.8 Å². The van der Waals surface area contributed by atoms with E-state index in [2.05, 4.69) is 99.8 Å². The number of hydrogen-bond donors (Lipinski definition) is 0. The largest absolute Gasteiger partial charge is 2.00 e. The number of para-hydroxylation sites is 2. The SMILES string of the molecule is [Pt+2].[c-]1c(-c2nccs2)ccc2c1B1c3[c-]c(-n4cccn4)ccc3-c3ccccc3N1c1ccccc1-2. The number of aromatic nitrogens is 3. The molecule has 6 aromatic rings. The summed E-state index contributed by atoms with van der Waals surface area (Å²) in [5.74, 6) is 0. The summed E-state index contributed by atoms with van der Waals surface area (Å²) in [5, 5.41) is 7.46. The van der Waals surface area contributed by atoms with Crippen molar-refractivity contribution in [3.63, 3.8) is 0 Å². The van der Waals surface area contributed by atoms with Crippen molar-refractivity contribution in [3.8, 4) is 38.5 Å². The number of anilines is 2. The number of thiazole rings is 1. The van der Waals surface area contributed by atoms with Crippen LogP contribution in [0.25, 0.3) is 38.5 Å². The van der Waals surface area contributed by atoms with Crippen molar-refractivity contribution in [2.75, 3.05) is 4.81 Å². The van der Waals surface area contributed by atoms with E-state index in [4.69, 9.17) is 0 Å². The smallest absolute Gasteiger partial charge is 0.381 e. The van der Waals surface area contributed by atoms with E-state index in [9.17, 15) is 0 Å². The Morgan fingerprint density at radius 1 is 0.703 bits per heavy atom. The van der Waals surface area contributed by atoms with Crippen LogP contribution in [-0.4, -0.2) is 21.6 Å². The summed E-state index contributed by atoms with van der Waals surface area (Å²) in [4.78, 5) is 7.03. The van der Waals surface area contributed by atoms with Crippen LogP contribution < -0.4 is 15.7 Å². The Hall–Kier alpha value is -3.73. The maximum absolute atomic E-state index is 4.57. The molecule has 7 heteroatoms. The van der Waals surface area contributed by atoms with Crippen LogP contribution in [0, 0.1) is 12.1 Å². The number of hydrogen-bond acceptors (Lipinski definition) is 4. The summed E-state index contributed by atoms with van der Waals surface area (Å²) in [6, 6.07) is 35.5. The van der Waals surface area contributed by atoms with Crippen LogP contribution in [0.2, 0.25) is 0 Å². The minimum Gasteiger partial charge on any atom is -0.381 e. The Kier molecular flexibility index (Phi) is 5.28. The Balaban J connectivity index is 0.00000231. The average molecular weight is 671 g/mol. The Bertz CT molecular complexity index is 1640. The van der Waals surface area contributed by atoms with Gasteiger partial charge in [-0.3, -0.25) is 9.67 Å². The zero-order chi connectivity index (χ0) is 23.6. The van der Waals surface area contributed by atoms with Crippen LogP contribution in [-0.2, 0) is 21.1 Å². The zero-order valence-corrected chi connectivity index (χ0v) is 22.5. The van der Waals surface area contributed by atoms with Crippen LogP contribution in [0.5, 0.6) is 0 Å². The summed E-state index contributed by atoms with van der Waals surface area (Å²) in [6.07, 6.45) is 5.61. The van der Waals surface area contributed by atoms with Gasteiger partial charge in [0, 0.05) is 40.4 Å². The maximum atomic E-state index is 4.57. The molecule has 37 heavy (non-hydrogen) atoms. The van der Waals surface area contributed by atoms with Gasteiger partial charge in [-0.2, -0.15) is 34.0 Å². The Morgan fingerprint density at radius 3 is 2.08 bits per heavy atom. The fourth-order valence-electron chi connectivity index (χ4n) is 5.57. The molecule has 4 aromatic carbocycles. The third kappa shape index (κ3) is 3.33. The molecule has 0 spiro atoms. The number of fused-ring (bicyclic) bond motifs is 11. The second kappa shape index (κ2) is 8.69. The summed E-state index contributed by atoms with van der Waals surface area (Å²) in [7, 11) is 0. The average Bonchev–Trinajstić information content (AvgIpc) is 3.67. The van der Waals surface area contributed by atoms with Gasteiger partial charge in [-0.1, -0.05) is 42.0 Å². The van der Waals surface area contributed by atoms with Gasteiger partial charge in [0.25, 0.3) is 6.85 Å². The molecule has 0 amide bonds. The van der Waals surface area contributed by atoms with Gasteiger partial charge in [0.2, 0.25) is 0 Å². The first kappa shape index (κ1) is 22.5. The molecule has 0 bridgehead atoms. The second-order valence-electron chi connectivity index (χ2n) is 8.97. The van der Waals surface area contributed by atoms with E-state index in [0.717, 1.165) is 27.2 Å². The third-order valence-electron chi connectivity index (χ3n) is 7.06. The summed E-state index contributed by atoms with van der Waals surface area (Å²) in [6.45, 7) is -0.0739. The van der Waals surface area contributed by atoms with Crippen LogP contribution >= 0.6 is 11.3 Å². The first-order valence-corrected chi connectivity index (χ1v) is 12.8. The molecule has 0 aliphatic carbocycles. The molecule has 2 aliphatic rings. The van der Waals surface area contributed by atoms with Crippen molar-refractivity contribution in [2.24, 2.45) is 0 Å². The molecular weight excluding hydrogens is 654 g/mol. The van der Waals surface area contributed by atoms with Gasteiger partial charge >= 0.3 is 21.1 Å². The minimum absolute atomic E-state index is 0. The predicted octanol–water partition coefficient (Wildman–Crippen LogP) is 5.50. The number of rotatable bonds is 2. The summed E-state index contributed by atoms with van der Waals surface area (Å²) in [5.41, 5.74) is 11.4. The molecule has 0 unspecified atom stereocenters. The van der Waals surface area contributed by atoms with Crippen molar-refractivity contribution >= 4 is 40.5 Å². The molecule has 0 N–H and O–H groups in total. The molecule has 2 aliphatic heterocycles. The second-order valence-corrected chi connectivity index (χ2v) is 9.86. The molecule has 176 valence electrons. The van der Waals surface area contributed by atoms with Gasteiger partial charge in [0.05, 0.1) is 0 Å². The van der Waals surface area contributed by atoms with Crippen molar-refractivity contribution in [1.29, 1.82) is 0 Å². The van der Waals surface area contributed by atoms with Crippen LogP contribution in [0.1, 0.15) is 0 Å². The van der Waals surface area contributed by atoms with Gasteiger partial charge < -0.3 is 4.81 Å². The fraction of sp³-hybridized carbons (Fsp3) is 0. The van der Waals surface area contributed by atoms with Gasteiger partial charge in [0.1, 0.15) is 0 Å². The third-order valence-corrected chi connectivity index (χ3v) is 7.87.